The first kappa shape index (κ1) is 41.0. The molecule has 14 rings (SSSR count). The molecule has 0 fully saturated rings. The minimum absolute atomic E-state index is 0.0439. The molecule has 0 aliphatic carbocycles. The Labute approximate surface area is 409 Å². The topological polar surface area (TPSA) is 17.5 Å². The van der Waals surface area contributed by atoms with Crippen LogP contribution in [0.25, 0.3) is 83.0 Å². The molecule has 2 aliphatic heterocycles. The molecule has 0 radical (unpaired) electrons. The van der Waals surface area contributed by atoms with E-state index in [4.69, 9.17) is 0 Å². The van der Waals surface area contributed by atoms with E-state index in [1.807, 2.05) is 0 Å². The Morgan fingerprint density at radius 1 is 0.386 bits per heavy atom. The van der Waals surface area contributed by atoms with Gasteiger partial charge in [0.1, 0.15) is 5.65 Å². The number of fused-ring (bicyclic) bond motifs is 14. The quantitative estimate of drug-likeness (QED) is 0.146. The molecule has 3 aromatic heterocycles. The van der Waals surface area contributed by atoms with Crippen molar-refractivity contribution in [3.05, 3.63) is 211 Å². The van der Waals surface area contributed by atoms with Crippen molar-refractivity contribution in [1.29, 1.82) is 0 Å². The van der Waals surface area contributed by atoms with E-state index >= 15 is 0 Å². The summed E-state index contributed by atoms with van der Waals surface area (Å²) in [4.78, 5) is 2.59. The highest BCUT2D eigenvalue weighted by Gasteiger charge is 2.45. The van der Waals surface area contributed by atoms with Gasteiger partial charge in [-0.1, -0.05) is 175 Å². The Kier molecular flexibility index (Phi) is 8.93. The lowest BCUT2D eigenvalue weighted by Gasteiger charge is -2.40. The normalized spacial score (nSPS) is 13.0. The summed E-state index contributed by atoms with van der Waals surface area (Å²) in [5.74, 6) is 1.07. The maximum absolute atomic E-state index is 2.64. The zero-order valence-electron chi connectivity index (χ0n) is 40.6. The third-order valence-corrected chi connectivity index (χ3v) is 15.7. The molecule has 0 saturated carbocycles. The summed E-state index contributed by atoms with van der Waals surface area (Å²) in [5, 5.41) is 3.81. The molecular weight excluding hydrogens is 848 g/mol. The van der Waals surface area contributed by atoms with Crippen LogP contribution in [0.1, 0.15) is 76.0 Å². The Morgan fingerprint density at radius 3 is 1.74 bits per heavy atom. The number of benzene rings is 9. The minimum Gasteiger partial charge on any atom is -0.311 e. The fourth-order valence-corrected chi connectivity index (χ4v) is 12.6. The Hall–Kier alpha value is -8.02. The predicted molar refractivity (Wildman–Crippen MR) is 299 cm³/mol. The number of anilines is 3. The lowest BCUT2D eigenvalue weighted by atomic mass is 9.34. The Morgan fingerprint density at radius 2 is 1.00 bits per heavy atom. The monoisotopic (exact) mass is 900 g/mol. The van der Waals surface area contributed by atoms with Gasteiger partial charge in [-0.05, 0) is 139 Å². The van der Waals surface area contributed by atoms with Crippen molar-refractivity contribution in [3.63, 3.8) is 0 Å². The fraction of sp³-hybridized carbons (Fsp3) is 0.138. The van der Waals surface area contributed by atoms with E-state index in [1.54, 1.807) is 0 Å². The average molecular weight is 901 g/mol. The van der Waals surface area contributed by atoms with Gasteiger partial charge in [0.05, 0.1) is 27.6 Å². The molecule has 5 heterocycles. The molecule has 0 spiro atoms. The van der Waals surface area contributed by atoms with Gasteiger partial charge in [-0.15, -0.1) is 0 Å². The van der Waals surface area contributed by atoms with Crippen LogP contribution in [0.15, 0.2) is 194 Å². The van der Waals surface area contributed by atoms with Crippen LogP contribution >= 0.6 is 0 Å². The van der Waals surface area contributed by atoms with E-state index in [-0.39, 0.29) is 6.71 Å². The molecular formula is C65H53BN4. The second-order valence-corrected chi connectivity index (χ2v) is 20.7. The van der Waals surface area contributed by atoms with Gasteiger partial charge < -0.3 is 9.47 Å². The molecule has 2 aliphatic rings. The van der Waals surface area contributed by atoms with Gasteiger partial charge in [0.15, 0.2) is 0 Å². The van der Waals surface area contributed by atoms with Gasteiger partial charge in [-0.2, -0.15) is 0 Å². The second-order valence-electron chi connectivity index (χ2n) is 20.7. The van der Waals surface area contributed by atoms with E-state index in [1.165, 1.54) is 122 Å². The molecule has 5 heteroatoms. The van der Waals surface area contributed by atoms with E-state index in [0.717, 1.165) is 11.4 Å². The van der Waals surface area contributed by atoms with Gasteiger partial charge in [0.2, 0.25) is 0 Å². The number of nitrogens with zero attached hydrogens (tertiary/aromatic N) is 4. The molecule has 12 aromatic rings. The van der Waals surface area contributed by atoms with Crippen LogP contribution in [0, 0.1) is 0 Å². The summed E-state index contributed by atoms with van der Waals surface area (Å²) in [5.41, 5.74) is 26.6. The summed E-state index contributed by atoms with van der Waals surface area (Å²) in [6.45, 7) is 14.1. The zero-order valence-corrected chi connectivity index (χ0v) is 40.6. The van der Waals surface area contributed by atoms with Crippen LogP contribution in [0.5, 0.6) is 0 Å². The van der Waals surface area contributed by atoms with Crippen molar-refractivity contribution >= 4 is 89.6 Å². The average Bonchev–Trinajstić information content (AvgIpc) is 4.04. The molecule has 0 unspecified atom stereocenters. The maximum Gasteiger partial charge on any atom is 0.255 e. The van der Waals surface area contributed by atoms with E-state index in [0.29, 0.717) is 17.8 Å². The van der Waals surface area contributed by atoms with Crippen LogP contribution in [0.2, 0.25) is 0 Å². The minimum atomic E-state index is -0.0439. The highest BCUT2D eigenvalue weighted by molar-refractivity contribution is 7.01. The van der Waals surface area contributed by atoms with E-state index < -0.39 is 0 Å². The summed E-state index contributed by atoms with van der Waals surface area (Å²) >= 11 is 0. The van der Waals surface area contributed by atoms with E-state index in [9.17, 15) is 0 Å². The largest absolute Gasteiger partial charge is 0.311 e. The molecule has 0 amide bonds. The van der Waals surface area contributed by atoms with Gasteiger partial charge >= 0.3 is 0 Å². The van der Waals surface area contributed by atoms with Crippen molar-refractivity contribution in [1.82, 2.24) is 13.5 Å². The third-order valence-electron chi connectivity index (χ3n) is 15.7. The summed E-state index contributed by atoms with van der Waals surface area (Å²) in [7, 11) is 0. The fourth-order valence-electron chi connectivity index (χ4n) is 12.6. The van der Waals surface area contributed by atoms with Crippen LogP contribution in [0.4, 0.5) is 17.1 Å². The number of para-hydroxylation sites is 5. The third kappa shape index (κ3) is 5.66. The number of rotatable bonds is 7. The van der Waals surface area contributed by atoms with Crippen LogP contribution in [-0.2, 0) is 0 Å². The molecule has 0 atom stereocenters. The maximum atomic E-state index is 2.64. The second kappa shape index (κ2) is 15.2. The molecule has 0 saturated heterocycles. The van der Waals surface area contributed by atoms with Crippen molar-refractivity contribution in [2.45, 2.75) is 59.3 Å². The molecule has 4 nitrogen and oxygen atoms in total. The standard InChI is InChI=1S/C65H53BN4/c1-39(2)44-35-51(40(3)4)60(52(36-44)41(5)6)45-37-58-62-59(38-45)69-56-30-17-18-31-57(56)70-64-50(33-32-49-48-26-13-15-28-54(48)68(63(49)64)46-23-11-8-12-24-46)61(65(69)70)66(62)53-27-14-16-29-55(53)67(58)47-25-19-22-43(34-47)42-20-9-7-10-21-42/h7-41H,1-6H3. The number of aromatic nitrogens is 3. The molecule has 336 valence electrons. The molecule has 9 aromatic carbocycles. The van der Waals surface area contributed by atoms with Gasteiger partial charge in [0, 0.05) is 39.2 Å². The van der Waals surface area contributed by atoms with Crippen LogP contribution in [-0.4, -0.2) is 20.2 Å². The summed E-state index contributed by atoms with van der Waals surface area (Å²) < 4.78 is 7.79. The first-order valence-corrected chi connectivity index (χ1v) is 25.2. The summed E-state index contributed by atoms with van der Waals surface area (Å²) in [6.07, 6.45) is 0. The van der Waals surface area contributed by atoms with Crippen LogP contribution < -0.4 is 21.3 Å². The first-order chi connectivity index (χ1) is 34.3. The first-order valence-electron chi connectivity index (χ1n) is 25.2. The highest BCUT2D eigenvalue weighted by atomic mass is 15.2. The zero-order chi connectivity index (χ0) is 47.1. The van der Waals surface area contributed by atoms with E-state index in [2.05, 4.69) is 254 Å². The molecule has 0 bridgehead atoms. The number of hydrogen-bond donors (Lipinski definition) is 0. The molecule has 70 heavy (non-hydrogen) atoms. The van der Waals surface area contributed by atoms with Gasteiger partial charge in [-0.3, -0.25) is 8.97 Å². The summed E-state index contributed by atoms with van der Waals surface area (Å²) in [6, 6.07) is 73.3. The van der Waals surface area contributed by atoms with Gasteiger partial charge in [0.25, 0.3) is 6.71 Å². The predicted octanol–water partition coefficient (Wildman–Crippen LogP) is 15.5. The smallest absolute Gasteiger partial charge is 0.255 e. The highest BCUT2D eigenvalue weighted by Crippen LogP contribution is 2.48. The lowest BCUT2D eigenvalue weighted by Crippen LogP contribution is -2.60. The van der Waals surface area contributed by atoms with Crippen LogP contribution in [0.3, 0.4) is 0 Å². The number of imidazole rings is 1. The van der Waals surface area contributed by atoms with Gasteiger partial charge in [-0.25, -0.2) is 0 Å². The van der Waals surface area contributed by atoms with Crippen molar-refractivity contribution < 1.29 is 0 Å². The van der Waals surface area contributed by atoms with Crippen molar-refractivity contribution in [2.24, 2.45) is 0 Å². The lowest BCUT2D eigenvalue weighted by molar-refractivity contribution is 0.807. The SMILES string of the molecule is CC(C)c1cc(C(C)C)c(-c2cc3c4c(c2)-n2c5ccccc5n5c6c(ccc7c8ccccc8n(-c8ccccc8)c76)c(c25)B4c2ccccc2N3c2cccc(-c3ccccc3)c2)c(C(C)C)c1. The number of hydrogen-bond acceptors (Lipinski definition) is 1. The van der Waals surface area contributed by atoms with Crippen molar-refractivity contribution in [3.8, 4) is 33.6 Å². The molecule has 0 N–H and O–H groups in total. The Bertz CT molecular complexity index is 4080. The van der Waals surface area contributed by atoms with Crippen molar-refractivity contribution in [2.75, 3.05) is 4.90 Å². The Balaban J connectivity index is 1.18.